The van der Waals surface area contributed by atoms with Gasteiger partial charge in [0.25, 0.3) is 0 Å². The molecule has 3 heterocycles. The molecule has 33 heavy (non-hydrogen) atoms. The Labute approximate surface area is 207 Å². The Balaban J connectivity index is 0.000000192. The summed E-state index contributed by atoms with van der Waals surface area (Å²) in [5, 5.41) is 2.23. The minimum absolute atomic E-state index is 0. The van der Waals surface area contributed by atoms with Crippen LogP contribution in [0.15, 0.2) is 120 Å². The smallest absolute Gasteiger partial charge is 0.120 e. The second-order valence-electron chi connectivity index (χ2n) is 6.99. The van der Waals surface area contributed by atoms with Crippen LogP contribution in [0.1, 0.15) is 0 Å². The van der Waals surface area contributed by atoms with Gasteiger partial charge in [-0.2, -0.15) is 0 Å². The van der Waals surface area contributed by atoms with Crippen LogP contribution in [-0.4, -0.2) is 9.97 Å². The molecule has 0 fully saturated rings. The molecule has 0 atom stereocenters. The molecule has 4 heteroatoms. The molecule has 3 nitrogen and oxygen atoms in total. The Bertz CT molecular complexity index is 1380. The number of fused-ring (bicyclic) bond motifs is 3. The zero-order chi connectivity index (χ0) is 20.9. The molecular weight excluding hydrogens is 585 g/mol. The molecular formula is C29H22IrN2O-2. The molecule has 0 amide bonds. The van der Waals surface area contributed by atoms with E-state index in [0.29, 0.717) is 0 Å². The Morgan fingerprint density at radius 1 is 0.606 bits per heavy atom. The van der Waals surface area contributed by atoms with Crippen molar-refractivity contribution in [1.82, 2.24) is 9.97 Å². The van der Waals surface area contributed by atoms with Crippen molar-refractivity contribution in [2.75, 3.05) is 0 Å². The van der Waals surface area contributed by atoms with Crippen molar-refractivity contribution in [2.45, 2.75) is 0 Å². The molecule has 165 valence electrons. The van der Waals surface area contributed by atoms with Gasteiger partial charge in [0.15, 0.2) is 0 Å². The minimum Gasteiger partial charge on any atom is -0.501 e. The fraction of sp³-hybridized carbons (Fsp3) is 0. The van der Waals surface area contributed by atoms with Gasteiger partial charge in [-0.3, -0.25) is 4.98 Å². The Morgan fingerprint density at radius 3 is 1.94 bits per heavy atom. The molecule has 0 spiro atoms. The third kappa shape index (κ3) is 5.25. The topological polar surface area (TPSA) is 38.9 Å². The number of rotatable bonds is 2. The summed E-state index contributed by atoms with van der Waals surface area (Å²) >= 11 is 0. The van der Waals surface area contributed by atoms with E-state index in [0.717, 1.165) is 44.5 Å². The maximum absolute atomic E-state index is 5.97. The van der Waals surface area contributed by atoms with Gasteiger partial charge in [0.2, 0.25) is 0 Å². The molecule has 3 aromatic carbocycles. The molecule has 0 saturated carbocycles. The number of benzene rings is 3. The predicted octanol–water partition coefficient (Wildman–Crippen LogP) is 7.64. The van der Waals surface area contributed by atoms with Gasteiger partial charge in [-0.1, -0.05) is 77.7 Å². The summed E-state index contributed by atoms with van der Waals surface area (Å²) in [5.41, 5.74) is 5.73. The summed E-state index contributed by atoms with van der Waals surface area (Å²) in [5.74, 6) is 0. The van der Waals surface area contributed by atoms with Crippen molar-refractivity contribution in [2.24, 2.45) is 0 Å². The average molecular weight is 607 g/mol. The maximum atomic E-state index is 5.97. The first-order valence-electron chi connectivity index (χ1n) is 10.1. The molecule has 0 aliphatic heterocycles. The number of aromatic nitrogens is 2. The van der Waals surface area contributed by atoms with Gasteiger partial charge >= 0.3 is 0 Å². The van der Waals surface area contributed by atoms with Crippen LogP contribution in [0.25, 0.3) is 44.5 Å². The first-order valence-corrected chi connectivity index (χ1v) is 10.1. The van der Waals surface area contributed by atoms with E-state index in [1.165, 1.54) is 0 Å². The van der Waals surface area contributed by atoms with E-state index >= 15 is 0 Å². The zero-order valence-electron chi connectivity index (χ0n) is 18.1. The first-order chi connectivity index (χ1) is 15.4. The quantitative estimate of drug-likeness (QED) is 0.190. The van der Waals surface area contributed by atoms with E-state index in [9.17, 15) is 0 Å². The van der Waals surface area contributed by atoms with Gasteiger partial charge in [-0.25, -0.2) is 0 Å². The molecule has 0 bridgehead atoms. The minimum atomic E-state index is 0. The summed E-state index contributed by atoms with van der Waals surface area (Å²) < 4.78 is 5.97. The predicted molar refractivity (Wildman–Crippen MR) is 132 cm³/mol. The number of pyridine rings is 2. The van der Waals surface area contributed by atoms with Crippen LogP contribution >= 0.6 is 0 Å². The van der Waals surface area contributed by atoms with E-state index in [-0.39, 0.29) is 27.5 Å². The largest absolute Gasteiger partial charge is 0.501 e. The molecule has 1 radical (unpaired) electrons. The van der Waals surface area contributed by atoms with Gasteiger partial charge in [-0.15, -0.1) is 18.2 Å². The molecule has 6 rings (SSSR count). The van der Waals surface area contributed by atoms with Gasteiger partial charge < -0.3 is 16.8 Å². The van der Waals surface area contributed by atoms with E-state index in [1.807, 2.05) is 91.1 Å². The van der Waals surface area contributed by atoms with Crippen molar-refractivity contribution in [3.8, 4) is 22.5 Å². The van der Waals surface area contributed by atoms with Crippen LogP contribution < -0.4 is 0 Å². The third-order valence-electron chi connectivity index (χ3n) is 4.99. The number of hydrogen-bond donors (Lipinski definition) is 0. The van der Waals surface area contributed by atoms with Crippen LogP contribution in [0.3, 0.4) is 0 Å². The second-order valence-corrected chi connectivity index (χ2v) is 6.99. The number of para-hydroxylation sites is 1. The monoisotopic (exact) mass is 607 g/mol. The standard InChI is InChI=1S/C17H10NO.C11H9N.CH3.Ir/c1-2-10-16-12(6-1)13-7-5-8-14(17(13)19-16)15-9-3-4-11-18-15;1-2-6-10(7-3-1)11-8-4-5-9-12-11;;/h1-7,9-11H;1-9H;1H3;/q-1;;-1;. The Kier molecular flexibility index (Phi) is 8.26. The molecule has 0 unspecified atom stereocenters. The van der Waals surface area contributed by atoms with Crippen LogP contribution in [0, 0.1) is 13.5 Å². The number of furan rings is 1. The summed E-state index contributed by atoms with van der Waals surface area (Å²) in [4.78, 5) is 8.63. The van der Waals surface area contributed by atoms with Crippen molar-refractivity contribution < 1.29 is 24.5 Å². The second kappa shape index (κ2) is 11.3. The summed E-state index contributed by atoms with van der Waals surface area (Å²) in [7, 11) is 0. The molecule has 0 saturated heterocycles. The SMILES string of the molecule is [CH3-].[Ir].[c-]1ccc2c(oc3ccccc32)c1-c1ccccn1.c1ccc(-c2ccccn2)cc1. The van der Waals surface area contributed by atoms with E-state index < -0.39 is 0 Å². The van der Waals surface area contributed by atoms with E-state index in [1.54, 1.807) is 6.20 Å². The maximum Gasteiger partial charge on any atom is 0.120 e. The van der Waals surface area contributed by atoms with Crippen molar-refractivity contribution in [3.63, 3.8) is 0 Å². The Morgan fingerprint density at radius 2 is 1.24 bits per heavy atom. The first kappa shape index (κ1) is 24.1. The third-order valence-corrected chi connectivity index (χ3v) is 4.99. The molecule has 3 aromatic heterocycles. The normalized spacial score (nSPS) is 9.94. The van der Waals surface area contributed by atoms with Gasteiger partial charge in [0.05, 0.1) is 11.3 Å². The molecule has 6 aromatic rings. The van der Waals surface area contributed by atoms with Crippen molar-refractivity contribution in [3.05, 3.63) is 129 Å². The van der Waals surface area contributed by atoms with E-state index in [4.69, 9.17) is 4.42 Å². The fourth-order valence-corrected chi connectivity index (χ4v) is 3.53. The van der Waals surface area contributed by atoms with Crippen LogP contribution in [0.4, 0.5) is 0 Å². The Hall–Kier alpha value is -3.59. The van der Waals surface area contributed by atoms with Gasteiger partial charge in [0.1, 0.15) is 5.58 Å². The molecule has 0 aliphatic rings. The summed E-state index contributed by atoms with van der Waals surface area (Å²) in [6.45, 7) is 0. The molecule has 0 aliphatic carbocycles. The number of nitrogens with zero attached hydrogens (tertiary/aromatic N) is 2. The summed E-state index contributed by atoms with van der Waals surface area (Å²) in [6.07, 6.45) is 3.59. The summed E-state index contributed by atoms with van der Waals surface area (Å²) in [6, 6.07) is 37.2. The van der Waals surface area contributed by atoms with Crippen LogP contribution in [-0.2, 0) is 20.1 Å². The zero-order valence-corrected chi connectivity index (χ0v) is 20.5. The van der Waals surface area contributed by atoms with Crippen LogP contribution in [0.5, 0.6) is 0 Å². The van der Waals surface area contributed by atoms with Gasteiger partial charge in [0, 0.05) is 43.4 Å². The van der Waals surface area contributed by atoms with Crippen LogP contribution in [0.2, 0.25) is 0 Å². The van der Waals surface area contributed by atoms with Crippen molar-refractivity contribution in [1.29, 1.82) is 0 Å². The van der Waals surface area contributed by atoms with E-state index in [2.05, 4.69) is 34.2 Å². The molecule has 0 N–H and O–H groups in total. The number of hydrogen-bond acceptors (Lipinski definition) is 3. The fourth-order valence-electron chi connectivity index (χ4n) is 3.53. The van der Waals surface area contributed by atoms with Crippen molar-refractivity contribution >= 4 is 21.9 Å². The van der Waals surface area contributed by atoms with Gasteiger partial charge in [-0.05, 0) is 30.0 Å². The average Bonchev–Trinajstić information content (AvgIpc) is 3.25.